The van der Waals surface area contributed by atoms with Gasteiger partial charge in [-0.05, 0) is 24.5 Å². The number of benzene rings is 2. The smallest absolute Gasteiger partial charge is 0.282 e. The zero-order valence-corrected chi connectivity index (χ0v) is 19.9. The van der Waals surface area contributed by atoms with Gasteiger partial charge in [0.1, 0.15) is 0 Å². The highest BCUT2D eigenvalue weighted by Gasteiger charge is 2.26. The molecular formula is C24H24N4O3S2. The van der Waals surface area contributed by atoms with E-state index in [2.05, 4.69) is 28.4 Å². The van der Waals surface area contributed by atoms with Crippen LogP contribution >= 0.6 is 23.1 Å². The molecule has 3 heterocycles. The maximum Gasteiger partial charge on any atom is 0.282 e. The number of hydrogen-bond donors (Lipinski definition) is 0. The van der Waals surface area contributed by atoms with Crippen LogP contribution in [0.1, 0.15) is 10.5 Å². The third-order valence-electron chi connectivity index (χ3n) is 5.59. The Morgan fingerprint density at radius 3 is 2.76 bits per heavy atom. The fraction of sp³-hybridized carbons (Fsp3) is 0.292. The molecule has 1 aliphatic heterocycles. The monoisotopic (exact) mass is 480 g/mol. The zero-order chi connectivity index (χ0) is 22.6. The third kappa shape index (κ3) is 4.96. The predicted molar refractivity (Wildman–Crippen MR) is 132 cm³/mol. The van der Waals surface area contributed by atoms with Gasteiger partial charge in [0.05, 0.1) is 23.4 Å². The third-order valence-corrected chi connectivity index (χ3v) is 7.36. The molecule has 1 saturated heterocycles. The van der Waals surface area contributed by atoms with Crippen molar-refractivity contribution >= 4 is 44.4 Å². The molecule has 0 atom stereocenters. The summed E-state index contributed by atoms with van der Waals surface area (Å²) in [5, 5.41) is 4.76. The first kappa shape index (κ1) is 22.1. The van der Waals surface area contributed by atoms with Crippen molar-refractivity contribution in [3.8, 4) is 11.3 Å². The Kier molecular flexibility index (Phi) is 6.73. The van der Waals surface area contributed by atoms with Crippen LogP contribution in [0.3, 0.4) is 0 Å². The van der Waals surface area contributed by atoms with Gasteiger partial charge in [-0.25, -0.2) is 4.98 Å². The summed E-state index contributed by atoms with van der Waals surface area (Å²) < 4.78 is 12.0. The molecule has 4 aromatic rings. The molecule has 7 nitrogen and oxygen atoms in total. The van der Waals surface area contributed by atoms with E-state index in [0.29, 0.717) is 17.4 Å². The molecule has 5 rings (SSSR count). The van der Waals surface area contributed by atoms with Gasteiger partial charge in [0.25, 0.3) is 5.91 Å². The number of rotatable bonds is 7. The standard InChI is InChI=1S/C24H24N4O3S2/c1-32-18-7-8-19-22(15-18)33-24(25-19)28(10-9-27-11-13-30-14-12-27)23(29)20-16-21(31-26-20)17-5-3-2-4-6-17/h2-8,15-16H,9-14H2,1H3. The van der Waals surface area contributed by atoms with Gasteiger partial charge >= 0.3 is 0 Å². The molecule has 0 N–H and O–H groups in total. The number of thioether (sulfide) groups is 1. The summed E-state index contributed by atoms with van der Waals surface area (Å²) in [5.41, 5.74) is 2.05. The minimum absolute atomic E-state index is 0.210. The Morgan fingerprint density at radius 2 is 1.97 bits per heavy atom. The van der Waals surface area contributed by atoms with Gasteiger partial charge in [-0.15, -0.1) is 11.8 Å². The summed E-state index contributed by atoms with van der Waals surface area (Å²) in [7, 11) is 0. The Hall–Kier alpha value is -2.72. The molecule has 170 valence electrons. The summed E-state index contributed by atoms with van der Waals surface area (Å²) in [6.07, 6.45) is 2.05. The molecule has 0 radical (unpaired) electrons. The highest BCUT2D eigenvalue weighted by Crippen LogP contribution is 2.32. The van der Waals surface area contributed by atoms with Crippen LogP contribution in [-0.4, -0.2) is 66.6 Å². The van der Waals surface area contributed by atoms with Gasteiger partial charge in [0.15, 0.2) is 16.6 Å². The predicted octanol–water partition coefficient (Wildman–Crippen LogP) is 4.65. The van der Waals surface area contributed by atoms with E-state index in [-0.39, 0.29) is 11.6 Å². The van der Waals surface area contributed by atoms with Crippen molar-refractivity contribution in [2.45, 2.75) is 4.90 Å². The minimum atomic E-state index is -0.210. The van der Waals surface area contributed by atoms with Crippen LogP contribution in [-0.2, 0) is 4.74 Å². The van der Waals surface area contributed by atoms with E-state index in [9.17, 15) is 4.79 Å². The fourth-order valence-corrected chi connectivity index (χ4v) is 5.28. The van der Waals surface area contributed by atoms with Crippen LogP contribution in [0.4, 0.5) is 5.13 Å². The maximum absolute atomic E-state index is 13.6. The Labute approximate surface area is 200 Å². The van der Waals surface area contributed by atoms with Gasteiger partial charge in [0.2, 0.25) is 0 Å². The molecule has 1 fully saturated rings. The van der Waals surface area contributed by atoms with Crippen molar-refractivity contribution in [1.82, 2.24) is 15.0 Å². The average Bonchev–Trinajstić information content (AvgIpc) is 3.52. The van der Waals surface area contributed by atoms with E-state index in [4.69, 9.17) is 14.2 Å². The van der Waals surface area contributed by atoms with Gasteiger partial charge in [-0.2, -0.15) is 0 Å². The molecule has 0 spiro atoms. The largest absolute Gasteiger partial charge is 0.379 e. The summed E-state index contributed by atoms with van der Waals surface area (Å²) in [4.78, 5) is 23.6. The second kappa shape index (κ2) is 10.0. The quantitative estimate of drug-likeness (QED) is 0.357. The van der Waals surface area contributed by atoms with E-state index in [1.807, 2.05) is 36.4 Å². The topological polar surface area (TPSA) is 71.7 Å². The van der Waals surface area contributed by atoms with E-state index in [1.54, 1.807) is 22.7 Å². The van der Waals surface area contributed by atoms with Crippen molar-refractivity contribution < 1.29 is 14.1 Å². The normalized spacial score (nSPS) is 14.6. The number of fused-ring (bicyclic) bond motifs is 1. The van der Waals surface area contributed by atoms with Crippen molar-refractivity contribution in [3.63, 3.8) is 0 Å². The molecule has 1 aliphatic rings. The van der Waals surface area contributed by atoms with E-state index >= 15 is 0 Å². The number of carbonyl (C=O) groups is 1. The van der Waals surface area contributed by atoms with Gasteiger partial charge in [0, 0.05) is 42.7 Å². The van der Waals surface area contributed by atoms with Crippen LogP contribution in [0.2, 0.25) is 0 Å². The highest BCUT2D eigenvalue weighted by molar-refractivity contribution is 7.98. The fourth-order valence-electron chi connectivity index (χ4n) is 3.74. The number of hydrogen-bond acceptors (Lipinski definition) is 8. The van der Waals surface area contributed by atoms with E-state index in [0.717, 1.165) is 48.6 Å². The van der Waals surface area contributed by atoms with Crippen molar-refractivity contribution in [2.24, 2.45) is 0 Å². The number of amides is 1. The molecule has 0 saturated carbocycles. The number of thiazole rings is 1. The minimum Gasteiger partial charge on any atom is -0.379 e. The lowest BCUT2D eigenvalue weighted by atomic mass is 10.1. The number of aromatic nitrogens is 2. The molecule has 2 aromatic heterocycles. The number of morpholine rings is 1. The SMILES string of the molecule is CSc1ccc2nc(N(CCN3CCOCC3)C(=O)c3cc(-c4ccccc4)on3)sc2c1. The summed E-state index contributed by atoms with van der Waals surface area (Å²) >= 11 is 3.22. The van der Waals surface area contributed by atoms with Gasteiger partial charge in [-0.1, -0.05) is 46.8 Å². The maximum atomic E-state index is 13.6. The second-order valence-corrected chi connectivity index (χ2v) is 9.57. The molecule has 1 amide bonds. The van der Waals surface area contributed by atoms with E-state index < -0.39 is 0 Å². The average molecular weight is 481 g/mol. The molecule has 0 unspecified atom stereocenters. The van der Waals surface area contributed by atoms with Crippen LogP contribution in [0.5, 0.6) is 0 Å². The lowest BCUT2D eigenvalue weighted by Crippen LogP contribution is -2.43. The number of anilines is 1. The summed E-state index contributed by atoms with van der Waals surface area (Å²) in [5.74, 6) is 0.360. The Morgan fingerprint density at radius 1 is 1.15 bits per heavy atom. The van der Waals surface area contributed by atoms with E-state index in [1.165, 1.54) is 16.2 Å². The second-order valence-electron chi connectivity index (χ2n) is 7.68. The Balaban J connectivity index is 1.44. The highest BCUT2D eigenvalue weighted by atomic mass is 32.2. The first-order valence-corrected chi connectivity index (χ1v) is 12.8. The van der Waals surface area contributed by atoms with Gasteiger partial charge < -0.3 is 9.26 Å². The summed E-state index contributed by atoms with van der Waals surface area (Å²) in [6.45, 7) is 4.42. The van der Waals surface area contributed by atoms with Crippen LogP contribution < -0.4 is 4.90 Å². The van der Waals surface area contributed by atoms with Crippen molar-refractivity contribution in [1.29, 1.82) is 0 Å². The lowest BCUT2D eigenvalue weighted by Gasteiger charge is -2.28. The Bertz CT molecular complexity index is 1230. The number of ether oxygens (including phenoxy) is 1. The van der Waals surface area contributed by atoms with Crippen molar-refractivity contribution in [2.75, 3.05) is 50.5 Å². The molecule has 0 bridgehead atoms. The number of carbonyl (C=O) groups excluding carboxylic acids is 1. The van der Waals surface area contributed by atoms with Gasteiger partial charge in [-0.3, -0.25) is 14.6 Å². The number of nitrogens with zero attached hydrogens (tertiary/aromatic N) is 4. The lowest BCUT2D eigenvalue weighted by molar-refractivity contribution is 0.0391. The first-order chi connectivity index (χ1) is 16.2. The van der Waals surface area contributed by atoms with Crippen LogP contribution in [0, 0.1) is 0 Å². The van der Waals surface area contributed by atoms with Crippen LogP contribution in [0.25, 0.3) is 21.5 Å². The molecule has 9 heteroatoms. The van der Waals surface area contributed by atoms with Crippen molar-refractivity contribution in [3.05, 3.63) is 60.3 Å². The molecular weight excluding hydrogens is 456 g/mol. The molecule has 0 aliphatic carbocycles. The molecule has 33 heavy (non-hydrogen) atoms. The summed E-state index contributed by atoms with van der Waals surface area (Å²) in [6, 6.07) is 17.6. The van der Waals surface area contributed by atoms with Crippen LogP contribution in [0.15, 0.2) is 64.0 Å². The zero-order valence-electron chi connectivity index (χ0n) is 18.3. The molecule has 2 aromatic carbocycles. The first-order valence-electron chi connectivity index (χ1n) is 10.8.